The molecule has 2 heterocycles. The zero-order valence-electron chi connectivity index (χ0n) is 13.7. The number of carbonyl (C=O) groups is 2. The number of nitrogens with one attached hydrogen (secondary N) is 1. The van der Waals surface area contributed by atoms with Crippen molar-refractivity contribution in [1.82, 2.24) is 5.32 Å². The minimum Gasteiger partial charge on any atom is -0.479 e. The van der Waals surface area contributed by atoms with Gasteiger partial charge in [0, 0.05) is 17.8 Å². The molecular weight excluding hydrogens is 324 g/mol. The number of amides is 2. The van der Waals surface area contributed by atoms with Crippen LogP contribution in [-0.2, 0) is 9.59 Å². The van der Waals surface area contributed by atoms with Crippen molar-refractivity contribution < 1.29 is 14.3 Å². The van der Waals surface area contributed by atoms with E-state index in [1.165, 1.54) is 0 Å². The van der Waals surface area contributed by atoms with Crippen molar-refractivity contribution in [3.8, 4) is 5.75 Å². The molecule has 0 bridgehead atoms. The van der Waals surface area contributed by atoms with E-state index >= 15 is 0 Å². The molecule has 2 amide bonds. The van der Waals surface area contributed by atoms with Crippen molar-refractivity contribution >= 4 is 28.8 Å². The first-order chi connectivity index (χ1) is 11.6. The number of para-hydroxylation sites is 2. The van der Waals surface area contributed by atoms with E-state index in [-0.39, 0.29) is 24.3 Å². The molecule has 2 unspecified atom stereocenters. The lowest BCUT2D eigenvalue weighted by atomic mass is 10.1. The number of hydrogen-bond acceptors (Lipinski definition) is 4. The Kier molecular flexibility index (Phi) is 4.85. The predicted octanol–water partition coefficient (Wildman–Crippen LogP) is 3.13. The van der Waals surface area contributed by atoms with Gasteiger partial charge in [-0.15, -0.1) is 11.3 Å². The van der Waals surface area contributed by atoms with E-state index in [2.05, 4.69) is 5.32 Å². The van der Waals surface area contributed by atoms with Crippen molar-refractivity contribution in [3.05, 3.63) is 46.7 Å². The normalized spacial score (nSPS) is 17.8. The first kappa shape index (κ1) is 16.5. The van der Waals surface area contributed by atoms with Gasteiger partial charge in [0.25, 0.3) is 5.91 Å². The van der Waals surface area contributed by atoms with Crippen LogP contribution in [-0.4, -0.2) is 24.5 Å². The maximum absolute atomic E-state index is 12.4. The molecule has 0 saturated heterocycles. The second kappa shape index (κ2) is 7.05. The molecule has 1 aliphatic heterocycles. The molecule has 2 atom stereocenters. The highest BCUT2D eigenvalue weighted by Gasteiger charge is 2.31. The highest BCUT2D eigenvalue weighted by Crippen LogP contribution is 2.33. The van der Waals surface area contributed by atoms with Crippen LogP contribution in [0.3, 0.4) is 0 Å². The second-order valence-electron chi connectivity index (χ2n) is 5.77. The Labute approximate surface area is 145 Å². The van der Waals surface area contributed by atoms with Gasteiger partial charge in [0.2, 0.25) is 5.91 Å². The van der Waals surface area contributed by atoms with Gasteiger partial charge in [-0.25, -0.2) is 0 Å². The van der Waals surface area contributed by atoms with Gasteiger partial charge in [0.1, 0.15) is 5.75 Å². The van der Waals surface area contributed by atoms with Gasteiger partial charge in [-0.05, 0) is 37.4 Å². The van der Waals surface area contributed by atoms with E-state index in [0.29, 0.717) is 12.3 Å². The number of carbonyl (C=O) groups excluding carboxylic acids is 2. The van der Waals surface area contributed by atoms with E-state index in [9.17, 15) is 9.59 Å². The molecule has 2 aromatic rings. The third-order valence-corrected chi connectivity index (χ3v) is 5.04. The monoisotopic (exact) mass is 344 g/mol. The average molecular weight is 344 g/mol. The van der Waals surface area contributed by atoms with Gasteiger partial charge in [-0.3, -0.25) is 9.59 Å². The summed E-state index contributed by atoms with van der Waals surface area (Å²) in [6.45, 7) is 4.03. The fourth-order valence-corrected chi connectivity index (χ4v) is 3.46. The van der Waals surface area contributed by atoms with Gasteiger partial charge < -0.3 is 15.0 Å². The van der Waals surface area contributed by atoms with Crippen LogP contribution in [0.25, 0.3) is 0 Å². The SMILES string of the molecule is CC1Oc2ccccc2N(CCC(=O)NC(C)c2cccs2)C1=O. The Morgan fingerprint density at radius 3 is 2.88 bits per heavy atom. The van der Waals surface area contributed by atoms with Crippen LogP contribution in [0.4, 0.5) is 5.69 Å². The van der Waals surface area contributed by atoms with Crippen LogP contribution in [0.5, 0.6) is 5.75 Å². The summed E-state index contributed by atoms with van der Waals surface area (Å²) >= 11 is 1.61. The zero-order valence-corrected chi connectivity index (χ0v) is 14.5. The van der Waals surface area contributed by atoms with E-state index in [1.807, 2.05) is 48.7 Å². The predicted molar refractivity (Wildman–Crippen MR) is 94.4 cm³/mol. The first-order valence-corrected chi connectivity index (χ1v) is 8.84. The number of hydrogen-bond donors (Lipinski definition) is 1. The fourth-order valence-electron chi connectivity index (χ4n) is 2.73. The minimum absolute atomic E-state index is 0.0240. The smallest absolute Gasteiger partial charge is 0.267 e. The summed E-state index contributed by atoms with van der Waals surface area (Å²) in [6.07, 6.45) is -0.282. The first-order valence-electron chi connectivity index (χ1n) is 7.96. The number of fused-ring (bicyclic) bond motifs is 1. The van der Waals surface area contributed by atoms with Gasteiger partial charge in [-0.2, -0.15) is 0 Å². The largest absolute Gasteiger partial charge is 0.479 e. The standard InChI is InChI=1S/C18H20N2O3S/c1-12(16-8-5-11-24-16)19-17(21)9-10-20-14-6-3-4-7-15(14)23-13(2)18(20)22/h3-8,11-13H,9-10H2,1-2H3,(H,19,21). The maximum atomic E-state index is 12.4. The molecular formula is C18H20N2O3S. The van der Waals surface area contributed by atoms with Gasteiger partial charge in [0.05, 0.1) is 11.7 Å². The van der Waals surface area contributed by atoms with Crippen LogP contribution in [0.1, 0.15) is 31.2 Å². The second-order valence-corrected chi connectivity index (χ2v) is 6.75. The molecule has 3 rings (SSSR count). The maximum Gasteiger partial charge on any atom is 0.267 e. The number of rotatable bonds is 5. The summed E-state index contributed by atoms with van der Waals surface area (Å²) in [4.78, 5) is 27.3. The van der Waals surface area contributed by atoms with Gasteiger partial charge in [0.15, 0.2) is 6.10 Å². The molecule has 1 aromatic carbocycles. The number of nitrogens with zero attached hydrogens (tertiary/aromatic N) is 1. The topological polar surface area (TPSA) is 58.6 Å². The Morgan fingerprint density at radius 2 is 2.12 bits per heavy atom. The van der Waals surface area contributed by atoms with Crippen LogP contribution < -0.4 is 15.0 Å². The molecule has 0 radical (unpaired) electrons. The molecule has 0 aliphatic carbocycles. The highest BCUT2D eigenvalue weighted by atomic mass is 32.1. The van der Waals surface area contributed by atoms with Crippen molar-refractivity contribution in [3.63, 3.8) is 0 Å². The van der Waals surface area contributed by atoms with E-state index in [4.69, 9.17) is 4.74 Å². The Morgan fingerprint density at radius 1 is 1.33 bits per heavy atom. The lowest BCUT2D eigenvalue weighted by Gasteiger charge is -2.32. The molecule has 0 spiro atoms. The summed E-state index contributed by atoms with van der Waals surface area (Å²) in [5, 5.41) is 4.96. The Hall–Kier alpha value is -2.34. The molecule has 24 heavy (non-hydrogen) atoms. The Bertz CT molecular complexity index is 730. The van der Waals surface area contributed by atoms with E-state index in [1.54, 1.807) is 23.2 Å². The molecule has 1 aliphatic rings. The molecule has 0 fully saturated rings. The van der Waals surface area contributed by atoms with Crippen molar-refractivity contribution in [2.75, 3.05) is 11.4 Å². The summed E-state index contributed by atoms with van der Waals surface area (Å²) in [5.74, 6) is 0.491. The quantitative estimate of drug-likeness (QED) is 0.906. The third-order valence-electron chi connectivity index (χ3n) is 3.98. The van der Waals surface area contributed by atoms with E-state index in [0.717, 1.165) is 10.6 Å². The molecule has 1 N–H and O–H groups in total. The molecule has 126 valence electrons. The summed E-state index contributed by atoms with van der Waals surface area (Å²) in [7, 11) is 0. The molecule has 5 nitrogen and oxygen atoms in total. The van der Waals surface area contributed by atoms with Crippen LogP contribution in [0.15, 0.2) is 41.8 Å². The van der Waals surface area contributed by atoms with Crippen molar-refractivity contribution in [2.24, 2.45) is 0 Å². The number of benzene rings is 1. The van der Waals surface area contributed by atoms with Gasteiger partial charge >= 0.3 is 0 Å². The summed E-state index contributed by atoms with van der Waals surface area (Å²) in [5.41, 5.74) is 0.722. The van der Waals surface area contributed by atoms with E-state index < -0.39 is 6.10 Å². The number of ether oxygens (including phenoxy) is 1. The third kappa shape index (κ3) is 3.43. The molecule has 1 aromatic heterocycles. The van der Waals surface area contributed by atoms with Crippen molar-refractivity contribution in [1.29, 1.82) is 0 Å². The lowest BCUT2D eigenvalue weighted by Crippen LogP contribution is -2.45. The summed E-state index contributed by atoms with van der Waals surface area (Å²) < 4.78 is 5.60. The summed E-state index contributed by atoms with van der Waals surface area (Å²) in [6, 6.07) is 11.3. The lowest BCUT2D eigenvalue weighted by molar-refractivity contribution is -0.125. The fraction of sp³-hybridized carbons (Fsp3) is 0.333. The Balaban J connectivity index is 1.63. The number of anilines is 1. The number of thiophene rings is 1. The average Bonchev–Trinajstić information content (AvgIpc) is 3.10. The molecule has 0 saturated carbocycles. The van der Waals surface area contributed by atoms with Crippen LogP contribution in [0, 0.1) is 0 Å². The van der Waals surface area contributed by atoms with Crippen molar-refractivity contribution in [2.45, 2.75) is 32.4 Å². The highest BCUT2D eigenvalue weighted by molar-refractivity contribution is 7.10. The zero-order chi connectivity index (χ0) is 17.1. The minimum atomic E-state index is -0.534. The van der Waals surface area contributed by atoms with Crippen LogP contribution >= 0.6 is 11.3 Å². The van der Waals surface area contributed by atoms with Crippen LogP contribution in [0.2, 0.25) is 0 Å². The van der Waals surface area contributed by atoms with Gasteiger partial charge in [-0.1, -0.05) is 18.2 Å². The molecule has 6 heteroatoms.